The number of oxime groups is 1. The van der Waals surface area contributed by atoms with Crippen molar-refractivity contribution < 1.29 is 19.2 Å². The molecule has 33 heavy (non-hydrogen) atoms. The molecule has 3 N–H and O–H groups in total. The number of benzene rings is 2. The highest BCUT2D eigenvalue weighted by Gasteiger charge is 2.21. The van der Waals surface area contributed by atoms with E-state index in [1.165, 1.54) is 0 Å². The van der Waals surface area contributed by atoms with Gasteiger partial charge in [-0.3, -0.25) is 9.59 Å². The summed E-state index contributed by atoms with van der Waals surface area (Å²) in [6.45, 7) is 0.334. The Bertz CT molecular complexity index is 1170. The van der Waals surface area contributed by atoms with Gasteiger partial charge in [-0.15, -0.1) is 0 Å². The van der Waals surface area contributed by atoms with Crippen LogP contribution in [0.3, 0.4) is 0 Å². The van der Waals surface area contributed by atoms with E-state index in [0.717, 1.165) is 12.1 Å². The van der Waals surface area contributed by atoms with Gasteiger partial charge in [0.1, 0.15) is 5.75 Å². The fourth-order valence-corrected chi connectivity index (χ4v) is 3.35. The first-order valence-corrected chi connectivity index (χ1v) is 10.4. The third kappa shape index (κ3) is 5.65. The highest BCUT2D eigenvalue weighted by molar-refractivity contribution is 5.99. The number of rotatable bonds is 8. The molecule has 0 bridgehead atoms. The Labute approximate surface area is 190 Å². The molecule has 1 saturated heterocycles. The molecule has 4 rings (SSSR count). The largest absolute Gasteiger partial charge is 0.438 e. The zero-order chi connectivity index (χ0) is 23.0. The molecule has 0 atom stereocenters. The molecule has 2 heterocycles. The maximum atomic E-state index is 12.3. The standard InChI is InChI=1S/C24H23N5O4/c25-23(20-11-5-13-26-24(20)33-19-9-2-1-3-10-19)28-32-16-21(30)27-17-7-4-8-18(15-17)29-14-6-12-22(29)31/h1-5,7-11,13,15H,6,12,14,16H2,(H2,25,28)(H,27,30). The SMILES string of the molecule is N/C(=N/OCC(=O)Nc1cccc(N2CCCC2=O)c1)c1cccnc1Oc1ccccc1. The van der Waals surface area contributed by atoms with E-state index in [9.17, 15) is 9.59 Å². The van der Waals surface area contributed by atoms with Crippen LogP contribution in [0.2, 0.25) is 0 Å². The molecular weight excluding hydrogens is 422 g/mol. The lowest BCUT2D eigenvalue weighted by atomic mass is 10.2. The molecular formula is C24H23N5O4. The fourth-order valence-electron chi connectivity index (χ4n) is 3.35. The molecule has 1 aromatic heterocycles. The van der Waals surface area contributed by atoms with E-state index in [0.29, 0.717) is 30.0 Å². The molecule has 0 unspecified atom stereocenters. The van der Waals surface area contributed by atoms with Crippen molar-refractivity contribution in [3.63, 3.8) is 0 Å². The van der Waals surface area contributed by atoms with E-state index < -0.39 is 5.91 Å². The van der Waals surface area contributed by atoms with Crippen LogP contribution >= 0.6 is 0 Å². The Hall–Kier alpha value is -4.40. The lowest BCUT2D eigenvalue weighted by Crippen LogP contribution is -2.24. The summed E-state index contributed by atoms with van der Waals surface area (Å²) in [5, 5.41) is 6.56. The van der Waals surface area contributed by atoms with Crippen LogP contribution in [-0.4, -0.2) is 35.8 Å². The smallest absolute Gasteiger partial charge is 0.265 e. The van der Waals surface area contributed by atoms with E-state index in [1.54, 1.807) is 53.6 Å². The molecule has 9 nitrogen and oxygen atoms in total. The van der Waals surface area contributed by atoms with Crippen LogP contribution in [0.25, 0.3) is 0 Å². The zero-order valence-electron chi connectivity index (χ0n) is 17.8. The first-order chi connectivity index (χ1) is 16.1. The normalized spacial score (nSPS) is 13.6. The van der Waals surface area contributed by atoms with Gasteiger partial charge in [0, 0.05) is 30.5 Å². The third-order valence-electron chi connectivity index (χ3n) is 4.88. The van der Waals surface area contributed by atoms with E-state index in [-0.39, 0.29) is 24.2 Å². The average molecular weight is 445 g/mol. The highest BCUT2D eigenvalue weighted by Crippen LogP contribution is 2.24. The van der Waals surface area contributed by atoms with Gasteiger partial charge in [-0.2, -0.15) is 0 Å². The minimum Gasteiger partial charge on any atom is -0.438 e. The number of amidine groups is 1. The van der Waals surface area contributed by atoms with Gasteiger partial charge in [0.05, 0.1) is 5.56 Å². The van der Waals surface area contributed by atoms with Crippen LogP contribution in [0.4, 0.5) is 11.4 Å². The summed E-state index contributed by atoms with van der Waals surface area (Å²) in [4.78, 5) is 35.2. The van der Waals surface area contributed by atoms with Crippen LogP contribution in [0.1, 0.15) is 18.4 Å². The summed E-state index contributed by atoms with van der Waals surface area (Å²) >= 11 is 0. The Kier molecular flexibility index (Phi) is 6.79. The number of nitrogens with zero attached hydrogens (tertiary/aromatic N) is 3. The second-order valence-electron chi connectivity index (χ2n) is 7.27. The van der Waals surface area contributed by atoms with Crippen LogP contribution in [0.5, 0.6) is 11.6 Å². The van der Waals surface area contributed by atoms with Gasteiger partial charge >= 0.3 is 0 Å². The molecule has 3 aromatic rings. The Morgan fingerprint density at radius 3 is 2.76 bits per heavy atom. The molecule has 2 amide bonds. The number of hydrogen-bond donors (Lipinski definition) is 2. The van der Waals surface area contributed by atoms with Crippen LogP contribution in [0.15, 0.2) is 78.1 Å². The van der Waals surface area contributed by atoms with Gasteiger partial charge < -0.3 is 25.5 Å². The minimum absolute atomic E-state index is 0.0244. The molecule has 168 valence electrons. The molecule has 9 heteroatoms. The van der Waals surface area contributed by atoms with Crippen molar-refractivity contribution in [3.8, 4) is 11.6 Å². The van der Waals surface area contributed by atoms with Crippen molar-refractivity contribution >= 4 is 29.0 Å². The van der Waals surface area contributed by atoms with E-state index >= 15 is 0 Å². The molecule has 1 aliphatic heterocycles. The van der Waals surface area contributed by atoms with E-state index in [4.69, 9.17) is 15.3 Å². The summed E-state index contributed by atoms with van der Waals surface area (Å²) in [7, 11) is 0. The number of nitrogens with one attached hydrogen (secondary N) is 1. The Balaban J connectivity index is 1.35. The summed E-state index contributed by atoms with van der Waals surface area (Å²) < 4.78 is 5.76. The molecule has 0 spiro atoms. The van der Waals surface area contributed by atoms with E-state index in [1.807, 2.05) is 24.3 Å². The van der Waals surface area contributed by atoms with Crippen molar-refractivity contribution in [2.75, 3.05) is 23.4 Å². The second kappa shape index (κ2) is 10.3. The number of nitrogens with two attached hydrogens (primary N) is 1. The Morgan fingerprint density at radius 1 is 1.12 bits per heavy atom. The van der Waals surface area contributed by atoms with Crippen LogP contribution in [-0.2, 0) is 14.4 Å². The van der Waals surface area contributed by atoms with Crippen molar-refractivity contribution in [3.05, 3.63) is 78.5 Å². The molecule has 1 aliphatic rings. The quantitative estimate of drug-likeness (QED) is 0.312. The number of ether oxygens (including phenoxy) is 1. The van der Waals surface area contributed by atoms with Crippen molar-refractivity contribution in [1.29, 1.82) is 0 Å². The zero-order valence-corrected chi connectivity index (χ0v) is 17.8. The first-order valence-electron chi connectivity index (χ1n) is 10.4. The van der Waals surface area contributed by atoms with Crippen molar-refractivity contribution in [2.45, 2.75) is 12.8 Å². The summed E-state index contributed by atoms with van der Waals surface area (Å²) in [6.07, 6.45) is 2.95. The molecule has 0 aliphatic carbocycles. The summed E-state index contributed by atoms with van der Waals surface area (Å²) in [5.74, 6) is 0.562. The van der Waals surface area contributed by atoms with Gasteiger partial charge in [-0.1, -0.05) is 29.4 Å². The third-order valence-corrected chi connectivity index (χ3v) is 4.88. The number of anilines is 2. The molecule has 2 aromatic carbocycles. The molecule has 0 saturated carbocycles. The van der Waals surface area contributed by atoms with Crippen molar-refractivity contribution in [2.24, 2.45) is 10.9 Å². The van der Waals surface area contributed by atoms with Crippen molar-refractivity contribution in [1.82, 2.24) is 4.98 Å². The van der Waals surface area contributed by atoms with Gasteiger partial charge in [-0.05, 0) is 48.9 Å². The van der Waals surface area contributed by atoms with Gasteiger partial charge in [0.2, 0.25) is 11.8 Å². The van der Waals surface area contributed by atoms with Gasteiger partial charge in [0.15, 0.2) is 12.4 Å². The Morgan fingerprint density at radius 2 is 1.97 bits per heavy atom. The van der Waals surface area contributed by atoms with Gasteiger partial charge in [0.25, 0.3) is 5.91 Å². The maximum Gasteiger partial charge on any atom is 0.265 e. The second-order valence-corrected chi connectivity index (χ2v) is 7.27. The average Bonchev–Trinajstić information content (AvgIpc) is 3.26. The van der Waals surface area contributed by atoms with Crippen LogP contribution < -0.4 is 20.7 Å². The molecule has 0 radical (unpaired) electrons. The predicted molar refractivity (Wildman–Crippen MR) is 124 cm³/mol. The fraction of sp³-hybridized carbons (Fsp3) is 0.167. The van der Waals surface area contributed by atoms with E-state index in [2.05, 4.69) is 15.5 Å². The lowest BCUT2D eigenvalue weighted by molar-refractivity contribution is -0.120. The van der Waals surface area contributed by atoms with Gasteiger partial charge in [-0.25, -0.2) is 4.98 Å². The number of para-hydroxylation sites is 1. The number of amides is 2. The summed E-state index contributed by atoms with van der Waals surface area (Å²) in [5.41, 5.74) is 7.77. The number of carbonyl (C=O) groups is 2. The lowest BCUT2D eigenvalue weighted by Gasteiger charge is -2.16. The minimum atomic E-state index is -0.414. The predicted octanol–water partition coefficient (Wildman–Crippen LogP) is 3.28. The van der Waals surface area contributed by atoms with Crippen LogP contribution in [0, 0.1) is 0 Å². The first kappa shape index (κ1) is 21.8. The monoisotopic (exact) mass is 445 g/mol. The highest BCUT2D eigenvalue weighted by atomic mass is 16.6. The number of hydrogen-bond acceptors (Lipinski definition) is 6. The number of aromatic nitrogens is 1. The summed E-state index contributed by atoms with van der Waals surface area (Å²) in [6, 6.07) is 19.6. The number of carbonyl (C=O) groups excluding carboxylic acids is 2. The maximum absolute atomic E-state index is 12.3. The number of pyridine rings is 1. The topological polar surface area (TPSA) is 119 Å². The molecule has 1 fully saturated rings.